The summed E-state index contributed by atoms with van der Waals surface area (Å²) in [7, 11) is -4.55. The molecule has 2 amide bonds. The lowest BCUT2D eigenvalue weighted by Gasteiger charge is -2.25. The third-order valence-corrected chi connectivity index (χ3v) is 6.12. The minimum absolute atomic E-state index is 0.0696. The number of halogens is 4. The minimum Gasteiger partial charge on any atom is -0.379 e. The van der Waals surface area contributed by atoms with Crippen LogP contribution in [0.15, 0.2) is 77.7 Å². The largest absolute Gasteiger partial charge is 0.416 e. The first-order valence-corrected chi connectivity index (χ1v) is 12.3. The molecule has 0 fully saturated rings. The van der Waals surface area contributed by atoms with Gasteiger partial charge in [0, 0.05) is 18.8 Å². The third kappa shape index (κ3) is 7.45. The minimum atomic E-state index is -4.71. The van der Waals surface area contributed by atoms with E-state index in [0.29, 0.717) is 18.2 Å². The molecule has 0 bridgehead atoms. The van der Waals surface area contributed by atoms with Crippen LogP contribution in [0.1, 0.15) is 25.0 Å². The van der Waals surface area contributed by atoms with Gasteiger partial charge in [0.2, 0.25) is 0 Å². The first-order chi connectivity index (χ1) is 16.8. The predicted octanol–water partition coefficient (Wildman–Crippen LogP) is 6.30. The van der Waals surface area contributed by atoms with Crippen LogP contribution >= 0.6 is 0 Å². The zero-order valence-corrected chi connectivity index (χ0v) is 20.2. The Morgan fingerprint density at radius 2 is 1.69 bits per heavy atom. The first kappa shape index (κ1) is 27.0. The van der Waals surface area contributed by atoms with E-state index in [0.717, 1.165) is 18.2 Å². The second-order valence-electron chi connectivity index (χ2n) is 8.43. The van der Waals surface area contributed by atoms with E-state index in [2.05, 4.69) is 5.32 Å². The zero-order chi connectivity index (χ0) is 26.5. The Morgan fingerprint density at radius 3 is 2.36 bits per heavy atom. The van der Waals surface area contributed by atoms with E-state index in [1.165, 1.54) is 41.3 Å². The number of carbonyl (C=O) groups is 1. The van der Waals surface area contributed by atoms with Crippen LogP contribution in [0.5, 0.6) is 5.75 Å². The maximum atomic E-state index is 13.5. The quantitative estimate of drug-likeness (QED) is 0.277. The van der Waals surface area contributed by atoms with E-state index in [1.807, 2.05) is 13.8 Å². The van der Waals surface area contributed by atoms with Crippen LogP contribution in [0.2, 0.25) is 0 Å². The van der Waals surface area contributed by atoms with Gasteiger partial charge in [0.15, 0.2) is 0 Å². The molecule has 0 spiro atoms. The predicted molar refractivity (Wildman–Crippen MR) is 126 cm³/mol. The molecule has 0 heterocycles. The van der Waals surface area contributed by atoms with Gasteiger partial charge in [0.05, 0.1) is 5.56 Å². The highest BCUT2D eigenvalue weighted by molar-refractivity contribution is 7.87. The molecule has 0 atom stereocenters. The number of alkyl halides is 3. The number of anilines is 1. The lowest BCUT2D eigenvalue weighted by atomic mass is 10.1. The number of hydrogen-bond acceptors (Lipinski definition) is 4. The normalized spacial score (nSPS) is 11.9. The molecule has 0 saturated heterocycles. The summed E-state index contributed by atoms with van der Waals surface area (Å²) in [5, 5.41) is 2.63. The van der Waals surface area contributed by atoms with Crippen LogP contribution in [-0.4, -0.2) is 25.9 Å². The van der Waals surface area contributed by atoms with Gasteiger partial charge in [0.1, 0.15) is 16.5 Å². The van der Waals surface area contributed by atoms with Gasteiger partial charge in [-0.2, -0.15) is 21.6 Å². The topological polar surface area (TPSA) is 75.7 Å². The van der Waals surface area contributed by atoms with Crippen LogP contribution in [0.3, 0.4) is 0 Å². The number of hydrogen-bond donors (Lipinski definition) is 1. The zero-order valence-electron chi connectivity index (χ0n) is 19.4. The van der Waals surface area contributed by atoms with Crippen molar-refractivity contribution in [3.63, 3.8) is 0 Å². The molecule has 0 aliphatic rings. The maximum Gasteiger partial charge on any atom is 0.416 e. The number of amides is 2. The molecule has 6 nitrogen and oxygen atoms in total. The van der Waals surface area contributed by atoms with Crippen molar-refractivity contribution in [3.05, 3.63) is 89.7 Å². The Morgan fingerprint density at radius 1 is 1.00 bits per heavy atom. The molecular formula is C25H24F4N2O4S. The number of carbonyl (C=O) groups excluding carboxylic acids is 1. The smallest absolute Gasteiger partial charge is 0.379 e. The highest BCUT2D eigenvalue weighted by atomic mass is 32.2. The fraction of sp³-hybridized carbons (Fsp3) is 0.240. The number of rotatable bonds is 8. The molecule has 0 saturated carbocycles. The summed E-state index contributed by atoms with van der Waals surface area (Å²) >= 11 is 0. The third-order valence-electron chi connectivity index (χ3n) is 4.88. The lowest BCUT2D eigenvalue weighted by Crippen LogP contribution is -2.37. The van der Waals surface area contributed by atoms with E-state index in [9.17, 15) is 30.8 Å². The number of benzene rings is 3. The standard InChI is InChI=1S/C25H24F4N2O4S/c1-17(2)15-31(24(32)30-21-9-5-8-20(26)14-21)16-18-6-3-10-22(12-18)35-36(33,34)23-11-4-7-19(13-23)25(27,28)29/h3-14,17H,15-16H2,1-2H3,(H,30,32). The van der Waals surface area contributed by atoms with E-state index in [-0.39, 0.29) is 23.9 Å². The van der Waals surface area contributed by atoms with E-state index in [4.69, 9.17) is 4.18 Å². The van der Waals surface area contributed by atoms with Gasteiger partial charge in [-0.25, -0.2) is 9.18 Å². The Labute approximate surface area is 206 Å². The molecule has 0 aliphatic heterocycles. The van der Waals surface area contributed by atoms with Crippen LogP contribution in [0.25, 0.3) is 0 Å². The molecule has 3 aromatic rings. The van der Waals surface area contributed by atoms with Crippen LogP contribution in [0, 0.1) is 11.7 Å². The van der Waals surface area contributed by atoms with Crippen molar-refractivity contribution in [3.8, 4) is 5.75 Å². The van der Waals surface area contributed by atoms with Gasteiger partial charge in [0.25, 0.3) is 0 Å². The fourth-order valence-electron chi connectivity index (χ4n) is 3.35. The second kappa shape index (κ2) is 11.0. The van der Waals surface area contributed by atoms with Crippen molar-refractivity contribution >= 4 is 21.8 Å². The van der Waals surface area contributed by atoms with Crippen molar-refractivity contribution in [2.75, 3.05) is 11.9 Å². The highest BCUT2D eigenvalue weighted by Crippen LogP contribution is 2.31. The van der Waals surface area contributed by atoms with Gasteiger partial charge < -0.3 is 14.4 Å². The van der Waals surface area contributed by atoms with E-state index >= 15 is 0 Å². The first-order valence-electron chi connectivity index (χ1n) is 10.9. The summed E-state index contributed by atoms with van der Waals surface area (Å²) in [5.41, 5.74) is -0.325. The van der Waals surface area contributed by atoms with Crippen molar-refractivity contribution in [1.29, 1.82) is 0 Å². The van der Waals surface area contributed by atoms with Gasteiger partial charge >= 0.3 is 22.3 Å². The molecular weight excluding hydrogens is 500 g/mol. The average Bonchev–Trinajstić information content (AvgIpc) is 2.78. The number of nitrogens with one attached hydrogen (secondary N) is 1. The van der Waals surface area contributed by atoms with Gasteiger partial charge in [-0.15, -0.1) is 0 Å². The lowest BCUT2D eigenvalue weighted by molar-refractivity contribution is -0.137. The fourth-order valence-corrected chi connectivity index (χ4v) is 4.32. The SMILES string of the molecule is CC(C)CN(Cc1cccc(OS(=O)(=O)c2cccc(C(F)(F)F)c2)c1)C(=O)Nc1cccc(F)c1. The van der Waals surface area contributed by atoms with Crippen LogP contribution < -0.4 is 9.50 Å². The highest BCUT2D eigenvalue weighted by Gasteiger charge is 2.32. The summed E-state index contributed by atoms with van der Waals surface area (Å²) in [5.74, 6) is -0.543. The van der Waals surface area contributed by atoms with Gasteiger partial charge in [-0.1, -0.05) is 38.1 Å². The summed E-state index contributed by atoms with van der Waals surface area (Å²) in [6.45, 7) is 4.22. The second-order valence-corrected chi connectivity index (χ2v) is 9.97. The molecule has 0 radical (unpaired) electrons. The van der Waals surface area contributed by atoms with Crippen LogP contribution in [0.4, 0.5) is 28.0 Å². The van der Waals surface area contributed by atoms with Crippen LogP contribution in [-0.2, 0) is 22.8 Å². The Kier molecular flexibility index (Phi) is 8.24. The molecule has 0 unspecified atom stereocenters. The van der Waals surface area contributed by atoms with Gasteiger partial charge in [-0.3, -0.25) is 0 Å². The van der Waals surface area contributed by atoms with E-state index < -0.39 is 38.6 Å². The average molecular weight is 525 g/mol. The Hall–Kier alpha value is -3.60. The van der Waals surface area contributed by atoms with Crippen molar-refractivity contribution < 1.29 is 35.0 Å². The van der Waals surface area contributed by atoms with Gasteiger partial charge in [-0.05, 0) is 60.0 Å². The maximum absolute atomic E-state index is 13.5. The molecule has 1 N–H and O–H groups in total. The summed E-state index contributed by atoms with van der Waals surface area (Å²) < 4.78 is 82.7. The Bertz CT molecular complexity index is 1330. The number of nitrogens with zero attached hydrogens (tertiary/aromatic N) is 1. The monoisotopic (exact) mass is 524 g/mol. The summed E-state index contributed by atoms with van der Waals surface area (Å²) in [6.07, 6.45) is -4.71. The van der Waals surface area contributed by atoms with Crippen molar-refractivity contribution in [2.24, 2.45) is 5.92 Å². The molecule has 36 heavy (non-hydrogen) atoms. The molecule has 0 aliphatic carbocycles. The van der Waals surface area contributed by atoms with Crippen molar-refractivity contribution in [2.45, 2.75) is 31.5 Å². The van der Waals surface area contributed by atoms with Crippen molar-refractivity contribution in [1.82, 2.24) is 4.90 Å². The summed E-state index contributed by atoms with van der Waals surface area (Å²) in [6, 6.07) is 14.1. The molecule has 3 rings (SSSR count). The molecule has 11 heteroatoms. The van der Waals surface area contributed by atoms with E-state index in [1.54, 1.807) is 12.1 Å². The molecule has 3 aromatic carbocycles. The molecule has 192 valence electrons. The summed E-state index contributed by atoms with van der Waals surface area (Å²) in [4.78, 5) is 13.7. The number of urea groups is 1. The molecule has 0 aromatic heterocycles. The Balaban J connectivity index is 1.79.